The van der Waals surface area contributed by atoms with Crippen LogP contribution in [-0.2, 0) is 14.3 Å². The Morgan fingerprint density at radius 2 is 1.70 bits per heavy atom. The Kier molecular flexibility index (Phi) is 6.62. The zero-order valence-electron chi connectivity index (χ0n) is 18.2. The summed E-state index contributed by atoms with van der Waals surface area (Å²) in [6.45, 7) is 2.09. The normalized spacial score (nSPS) is 20.1. The van der Waals surface area contributed by atoms with Crippen LogP contribution in [0.15, 0.2) is 53.6 Å². The third-order valence-corrected chi connectivity index (χ3v) is 5.80. The molecule has 0 spiro atoms. The molecule has 0 radical (unpaired) electrons. The van der Waals surface area contributed by atoms with E-state index in [4.69, 9.17) is 16.3 Å². The summed E-state index contributed by atoms with van der Waals surface area (Å²) in [6.07, 6.45) is 0.431. The first-order valence-electron chi connectivity index (χ1n) is 10.5. The van der Waals surface area contributed by atoms with Gasteiger partial charge in [0.2, 0.25) is 5.91 Å². The van der Waals surface area contributed by atoms with E-state index in [0.29, 0.717) is 41.5 Å². The molecule has 9 nitrogen and oxygen atoms in total. The molecule has 2 heterocycles. The average Bonchev–Trinajstić information content (AvgIpc) is 3.39. The molecule has 2 aliphatic rings. The number of carbonyl (C=O) groups excluding carboxylic acids is 3. The molecule has 172 valence electrons. The quantitative estimate of drug-likeness (QED) is 0.696. The van der Waals surface area contributed by atoms with Crippen molar-refractivity contribution in [2.24, 2.45) is 5.10 Å². The fraction of sp³-hybridized carbons (Fsp3) is 0.304. The Balaban J connectivity index is 1.43. The van der Waals surface area contributed by atoms with Gasteiger partial charge in [-0.05, 0) is 55.5 Å². The molecule has 4 rings (SSSR count). The highest BCUT2D eigenvalue weighted by molar-refractivity contribution is 6.30. The Hall–Kier alpha value is -3.43. The molecule has 2 aromatic carbocycles. The van der Waals surface area contributed by atoms with Gasteiger partial charge in [0.1, 0.15) is 6.04 Å². The van der Waals surface area contributed by atoms with E-state index in [1.165, 1.54) is 9.91 Å². The molecule has 1 saturated heterocycles. The lowest BCUT2D eigenvalue weighted by atomic mass is 10.1. The number of rotatable bonds is 5. The summed E-state index contributed by atoms with van der Waals surface area (Å²) < 4.78 is 5.41. The SMILES string of the molecule is CO[C@@H]1C[C@H](C(=O)Nc2ccc(N3N=C(C)CC3=O)cc2)N(C(=O)Nc2ccc(Cl)cc2)C1. The molecule has 0 aliphatic carbocycles. The first-order chi connectivity index (χ1) is 15.8. The second kappa shape index (κ2) is 9.60. The van der Waals surface area contributed by atoms with Crippen LogP contribution >= 0.6 is 11.6 Å². The van der Waals surface area contributed by atoms with Crippen LogP contribution in [-0.4, -0.2) is 54.3 Å². The zero-order valence-corrected chi connectivity index (χ0v) is 19.0. The maximum absolute atomic E-state index is 13.0. The second-order valence-electron chi connectivity index (χ2n) is 7.95. The number of hydrazone groups is 1. The molecule has 4 amide bonds. The number of anilines is 3. The number of hydrogen-bond acceptors (Lipinski definition) is 5. The van der Waals surface area contributed by atoms with Crippen LogP contribution in [0, 0.1) is 0 Å². The fourth-order valence-electron chi connectivity index (χ4n) is 3.84. The van der Waals surface area contributed by atoms with Crippen molar-refractivity contribution in [3.63, 3.8) is 0 Å². The molecule has 0 unspecified atom stereocenters. The first kappa shape index (κ1) is 22.8. The first-order valence-corrected chi connectivity index (χ1v) is 10.9. The number of amides is 4. The van der Waals surface area contributed by atoms with Gasteiger partial charge in [-0.25, -0.2) is 9.80 Å². The van der Waals surface area contributed by atoms with E-state index < -0.39 is 12.1 Å². The third kappa shape index (κ3) is 5.15. The van der Waals surface area contributed by atoms with Crippen LogP contribution in [0.25, 0.3) is 0 Å². The van der Waals surface area contributed by atoms with Crippen LogP contribution in [0.2, 0.25) is 5.02 Å². The molecule has 2 N–H and O–H groups in total. The van der Waals surface area contributed by atoms with Crippen molar-refractivity contribution in [2.75, 3.05) is 29.3 Å². The Morgan fingerprint density at radius 1 is 1.06 bits per heavy atom. The minimum absolute atomic E-state index is 0.0943. The minimum atomic E-state index is -0.700. The van der Waals surface area contributed by atoms with Crippen molar-refractivity contribution in [3.8, 4) is 0 Å². The predicted octanol–water partition coefficient (Wildman–Crippen LogP) is 3.71. The van der Waals surface area contributed by atoms with Gasteiger partial charge in [-0.1, -0.05) is 11.6 Å². The van der Waals surface area contributed by atoms with Crippen LogP contribution in [0.1, 0.15) is 19.8 Å². The van der Waals surface area contributed by atoms with E-state index in [-0.39, 0.29) is 17.9 Å². The van der Waals surface area contributed by atoms with Crippen molar-refractivity contribution in [1.29, 1.82) is 0 Å². The minimum Gasteiger partial charge on any atom is -0.380 e. The van der Waals surface area contributed by atoms with Crippen molar-refractivity contribution in [2.45, 2.75) is 31.9 Å². The molecule has 0 aromatic heterocycles. The van der Waals surface area contributed by atoms with Crippen LogP contribution < -0.4 is 15.6 Å². The number of ether oxygens (including phenoxy) is 1. The number of benzene rings is 2. The van der Waals surface area contributed by atoms with Gasteiger partial charge < -0.3 is 20.3 Å². The molecule has 10 heteroatoms. The maximum atomic E-state index is 13.0. The number of nitrogens with zero attached hydrogens (tertiary/aromatic N) is 3. The molecule has 33 heavy (non-hydrogen) atoms. The molecule has 2 aromatic rings. The van der Waals surface area contributed by atoms with Crippen molar-refractivity contribution in [3.05, 3.63) is 53.6 Å². The van der Waals surface area contributed by atoms with E-state index in [1.54, 1.807) is 62.6 Å². The van der Waals surface area contributed by atoms with Crippen LogP contribution in [0.4, 0.5) is 21.9 Å². The topological polar surface area (TPSA) is 103 Å². The van der Waals surface area contributed by atoms with E-state index in [0.717, 1.165) is 5.71 Å². The number of hydrogen-bond donors (Lipinski definition) is 2. The number of likely N-dealkylation sites (tertiary alicyclic amines) is 1. The molecular formula is C23H24ClN5O4. The molecule has 0 bridgehead atoms. The summed E-state index contributed by atoms with van der Waals surface area (Å²) in [5.74, 6) is -0.414. The number of halogens is 1. The van der Waals surface area contributed by atoms with Gasteiger partial charge in [-0.3, -0.25) is 9.59 Å². The Morgan fingerprint density at radius 3 is 2.30 bits per heavy atom. The maximum Gasteiger partial charge on any atom is 0.322 e. The van der Waals surface area contributed by atoms with Crippen LogP contribution in [0.3, 0.4) is 0 Å². The van der Waals surface area contributed by atoms with E-state index in [1.807, 2.05) is 0 Å². The van der Waals surface area contributed by atoms with Crippen LogP contribution in [0.5, 0.6) is 0 Å². The van der Waals surface area contributed by atoms with Gasteiger partial charge >= 0.3 is 6.03 Å². The number of urea groups is 1. The fourth-order valence-corrected chi connectivity index (χ4v) is 3.96. The van der Waals surface area contributed by atoms with Gasteiger partial charge in [0, 0.05) is 42.2 Å². The number of carbonyl (C=O) groups is 3. The Bertz CT molecular complexity index is 1090. The molecule has 1 fully saturated rings. The Labute approximate surface area is 196 Å². The standard InChI is InChI=1S/C23H24ClN5O4/c1-14-11-21(30)29(27-14)18-9-7-16(8-10-18)25-22(31)20-12-19(33-2)13-28(20)23(32)26-17-5-3-15(24)4-6-17/h3-10,19-20H,11-13H2,1-2H3,(H,25,31)(H,26,32)/t19-,20-/m1/s1. The molecule has 2 aliphatic heterocycles. The van der Waals surface area contributed by atoms with Crippen molar-refractivity contribution < 1.29 is 19.1 Å². The lowest BCUT2D eigenvalue weighted by Gasteiger charge is -2.24. The second-order valence-corrected chi connectivity index (χ2v) is 8.39. The zero-order chi connectivity index (χ0) is 23.5. The lowest BCUT2D eigenvalue weighted by Crippen LogP contribution is -2.45. The van der Waals surface area contributed by atoms with Gasteiger partial charge in [0.25, 0.3) is 5.91 Å². The lowest BCUT2D eigenvalue weighted by molar-refractivity contribution is -0.119. The summed E-state index contributed by atoms with van der Waals surface area (Å²) >= 11 is 5.90. The summed E-state index contributed by atoms with van der Waals surface area (Å²) in [4.78, 5) is 39.4. The van der Waals surface area contributed by atoms with Gasteiger partial charge in [-0.2, -0.15) is 5.10 Å². The van der Waals surface area contributed by atoms with Gasteiger partial charge in [0.15, 0.2) is 0 Å². The van der Waals surface area contributed by atoms with E-state index >= 15 is 0 Å². The smallest absolute Gasteiger partial charge is 0.322 e. The third-order valence-electron chi connectivity index (χ3n) is 5.55. The largest absolute Gasteiger partial charge is 0.380 e. The molecule has 0 saturated carbocycles. The molecule has 2 atom stereocenters. The summed E-state index contributed by atoms with van der Waals surface area (Å²) in [5, 5.41) is 11.8. The highest BCUT2D eigenvalue weighted by Gasteiger charge is 2.40. The molecular weight excluding hydrogens is 446 g/mol. The summed E-state index contributed by atoms with van der Waals surface area (Å²) in [6, 6.07) is 12.5. The predicted molar refractivity (Wildman–Crippen MR) is 127 cm³/mol. The average molecular weight is 470 g/mol. The highest BCUT2D eigenvalue weighted by Crippen LogP contribution is 2.25. The summed E-state index contributed by atoms with van der Waals surface area (Å²) in [5.41, 5.74) is 2.51. The van der Waals surface area contributed by atoms with Crippen molar-refractivity contribution >= 4 is 52.2 Å². The summed E-state index contributed by atoms with van der Waals surface area (Å²) in [7, 11) is 1.56. The highest BCUT2D eigenvalue weighted by atomic mass is 35.5. The van der Waals surface area contributed by atoms with E-state index in [2.05, 4.69) is 15.7 Å². The van der Waals surface area contributed by atoms with Gasteiger partial charge in [-0.15, -0.1) is 0 Å². The number of methoxy groups -OCH3 is 1. The number of nitrogens with one attached hydrogen (secondary N) is 2. The van der Waals surface area contributed by atoms with Gasteiger partial charge in [0.05, 0.1) is 18.2 Å². The van der Waals surface area contributed by atoms with Crippen molar-refractivity contribution in [1.82, 2.24) is 4.90 Å². The van der Waals surface area contributed by atoms with E-state index in [9.17, 15) is 14.4 Å². The monoisotopic (exact) mass is 469 g/mol.